The number of aryl methyl sites for hydroxylation is 2. The Morgan fingerprint density at radius 1 is 1.39 bits per heavy atom. The number of pyridine rings is 1. The second kappa shape index (κ2) is 5.00. The highest BCUT2D eigenvalue weighted by molar-refractivity contribution is 5.96. The molecule has 0 N–H and O–H groups in total. The van der Waals surface area contributed by atoms with Crippen LogP contribution in [0.2, 0.25) is 0 Å². The van der Waals surface area contributed by atoms with Crippen molar-refractivity contribution in [2.45, 2.75) is 20.8 Å². The van der Waals surface area contributed by atoms with Gasteiger partial charge in [0.05, 0.1) is 12.3 Å². The van der Waals surface area contributed by atoms with E-state index in [0.717, 1.165) is 5.56 Å². The van der Waals surface area contributed by atoms with E-state index in [9.17, 15) is 4.79 Å². The van der Waals surface area contributed by atoms with E-state index in [1.54, 1.807) is 26.1 Å². The summed E-state index contributed by atoms with van der Waals surface area (Å²) in [6.45, 7) is 5.68. The number of carbonyl (C=O) groups is 1. The van der Waals surface area contributed by atoms with Gasteiger partial charge in [-0.15, -0.1) is 0 Å². The monoisotopic (exact) mass is 246 g/mol. The number of esters is 1. The zero-order valence-corrected chi connectivity index (χ0v) is 10.6. The fourth-order valence-corrected chi connectivity index (χ4v) is 1.60. The van der Waals surface area contributed by atoms with Crippen molar-refractivity contribution in [2.75, 3.05) is 6.61 Å². The van der Waals surface area contributed by atoms with Crippen LogP contribution in [-0.4, -0.2) is 22.7 Å². The third kappa shape index (κ3) is 2.25. The van der Waals surface area contributed by atoms with Crippen molar-refractivity contribution < 1.29 is 14.1 Å². The van der Waals surface area contributed by atoms with Crippen LogP contribution in [0.4, 0.5) is 0 Å². The molecule has 0 aliphatic heterocycles. The van der Waals surface area contributed by atoms with Gasteiger partial charge < -0.3 is 9.26 Å². The van der Waals surface area contributed by atoms with E-state index in [1.165, 1.54) is 0 Å². The number of carbonyl (C=O) groups excluding carboxylic acids is 1. The predicted molar refractivity (Wildman–Crippen MR) is 65.2 cm³/mol. The smallest absolute Gasteiger partial charge is 0.344 e. The summed E-state index contributed by atoms with van der Waals surface area (Å²) in [5, 5.41) is 3.88. The van der Waals surface area contributed by atoms with Gasteiger partial charge in [-0.25, -0.2) is 4.79 Å². The number of aromatic nitrogens is 2. The molecule has 2 rings (SSSR count). The first-order valence-corrected chi connectivity index (χ1v) is 5.70. The maximum absolute atomic E-state index is 11.8. The third-order valence-electron chi connectivity index (χ3n) is 2.50. The van der Waals surface area contributed by atoms with E-state index in [0.29, 0.717) is 29.3 Å². The minimum atomic E-state index is -0.436. The minimum Gasteiger partial charge on any atom is -0.462 e. The van der Waals surface area contributed by atoms with E-state index in [4.69, 9.17) is 9.26 Å². The Hall–Kier alpha value is -2.17. The molecule has 5 heteroatoms. The van der Waals surface area contributed by atoms with Crippen LogP contribution < -0.4 is 0 Å². The highest BCUT2D eigenvalue weighted by Gasteiger charge is 2.23. The Balaban J connectivity index is 2.45. The lowest BCUT2D eigenvalue weighted by atomic mass is 10.1. The summed E-state index contributed by atoms with van der Waals surface area (Å²) in [5.74, 6) is -0.000509. The van der Waals surface area contributed by atoms with E-state index in [2.05, 4.69) is 10.1 Å². The molecular weight excluding hydrogens is 232 g/mol. The van der Waals surface area contributed by atoms with Gasteiger partial charge >= 0.3 is 5.97 Å². The average Bonchev–Trinajstić information content (AvgIpc) is 2.72. The summed E-state index contributed by atoms with van der Waals surface area (Å²) in [6, 6.07) is 3.70. The van der Waals surface area contributed by atoms with Crippen LogP contribution in [0.25, 0.3) is 11.4 Å². The van der Waals surface area contributed by atoms with Crippen LogP contribution in [-0.2, 0) is 4.74 Å². The highest BCUT2D eigenvalue weighted by atomic mass is 16.5. The van der Waals surface area contributed by atoms with Gasteiger partial charge in [0, 0.05) is 6.20 Å². The van der Waals surface area contributed by atoms with Crippen LogP contribution in [0.5, 0.6) is 0 Å². The SMILES string of the molecule is CCOC(=O)c1c(-c2ccc(C)cn2)noc1C. The van der Waals surface area contributed by atoms with Crippen molar-refractivity contribution in [1.82, 2.24) is 10.1 Å². The second-order valence-corrected chi connectivity index (χ2v) is 3.90. The maximum atomic E-state index is 11.8. The lowest BCUT2D eigenvalue weighted by Crippen LogP contribution is -2.07. The van der Waals surface area contributed by atoms with E-state index < -0.39 is 5.97 Å². The zero-order valence-electron chi connectivity index (χ0n) is 10.6. The number of ether oxygens (including phenoxy) is 1. The summed E-state index contributed by atoms with van der Waals surface area (Å²) in [6.07, 6.45) is 1.72. The molecule has 0 aliphatic rings. The molecular formula is C13H14N2O3. The molecule has 0 saturated heterocycles. The van der Waals surface area contributed by atoms with Crippen molar-refractivity contribution in [3.05, 3.63) is 35.2 Å². The van der Waals surface area contributed by atoms with Gasteiger partial charge in [-0.3, -0.25) is 4.98 Å². The summed E-state index contributed by atoms with van der Waals surface area (Å²) in [7, 11) is 0. The molecule has 2 heterocycles. The van der Waals surface area contributed by atoms with Gasteiger partial charge in [-0.1, -0.05) is 11.2 Å². The van der Waals surface area contributed by atoms with Crippen LogP contribution >= 0.6 is 0 Å². The van der Waals surface area contributed by atoms with Gasteiger partial charge in [0.25, 0.3) is 0 Å². The highest BCUT2D eigenvalue weighted by Crippen LogP contribution is 2.24. The molecule has 5 nitrogen and oxygen atoms in total. The summed E-state index contributed by atoms with van der Waals surface area (Å²) in [4.78, 5) is 16.1. The van der Waals surface area contributed by atoms with Gasteiger partial charge in [0.1, 0.15) is 17.0 Å². The third-order valence-corrected chi connectivity index (χ3v) is 2.50. The maximum Gasteiger partial charge on any atom is 0.344 e. The van der Waals surface area contributed by atoms with Crippen molar-refractivity contribution in [1.29, 1.82) is 0 Å². The predicted octanol–water partition coefficient (Wildman–Crippen LogP) is 2.53. The van der Waals surface area contributed by atoms with E-state index in [1.807, 2.05) is 13.0 Å². The molecule has 0 aromatic carbocycles. The molecule has 0 saturated carbocycles. The first-order chi connectivity index (χ1) is 8.63. The molecule has 0 radical (unpaired) electrons. The largest absolute Gasteiger partial charge is 0.462 e. The topological polar surface area (TPSA) is 65.2 Å². The first-order valence-electron chi connectivity index (χ1n) is 5.70. The van der Waals surface area contributed by atoms with Crippen molar-refractivity contribution in [2.24, 2.45) is 0 Å². The van der Waals surface area contributed by atoms with Crippen LogP contribution in [0.3, 0.4) is 0 Å². The molecule has 0 bridgehead atoms. The lowest BCUT2D eigenvalue weighted by molar-refractivity contribution is 0.0525. The summed E-state index contributed by atoms with van der Waals surface area (Å²) in [5.41, 5.74) is 2.40. The second-order valence-electron chi connectivity index (χ2n) is 3.90. The van der Waals surface area contributed by atoms with Crippen LogP contribution in [0, 0.1) is 13.8 Å². The fourth-order valence-electron chi connectivity index (χ4n) is 1.60. The van der Waals surface area contributed by atoms with Gasteiger partial charge in [0.15, 0.2) is 0 Å². The van der Waals surface area contributed by atoms with E-state index in [-0.39, 0.29) is 0 Å². The number of rotatable bonds is 3. The quantitative estimate of drug-likeness (QED) is 0.778. The molecule has 0 fully saturated rings. The Labute approximate surface area is 105 Å². The molecule has 0 atom stereocenters. The fraction of sp³-hybridized carbons (Fsp3) is 0.308. The lowest BCUT2D eigenvalue weighted by Gasteiger charge is -2.02. The zero-order chi connectivity index (χ0) is 13.1. The molecule has 18 heavy (non-hydrogen) atoms. The summed E-state index contributed by atoms with van der Waals surface area (Å²) < 4.78 is 10.0. The van der Waals surface area contributed by atoms with Crippen LogP contribution in [0.1, 0.15) is 28.6 Å². The standard InChI is InChI=1S/C13H14N2O3/c1-4-17-13(16)11-9(3)18-15-12(11)10-6-5-8(2)7-14-10/h5-7H,4H2,1-3H3. The Morgan fingerprint density at radius 3 is 2.78 bits per heavy atom. The Kier molecular flexibility index (Phi) is 3.41. The van der Waals surface area contributed by atoms with Gasteiger partial charge in [-0.2, -0.15) is 0 Å². The molecule has 94 valence electrons. The molecule has 2 aromatic heterocycles. The summed E-state index contributed by atoms with van der Waals surface area (Å²) >= 11 is 0. The Bertz CT molecular complexity index is 558. The number of hydrogen-bond acceptors (Lipinski definition) is 5. The van der Waals surface area contributed by atoms with E-state index >= 15 is 0 Å². The molecule has 2 aromatic rings. The normalized spacial score (nSPS) is 10.4. The van der Waals surface area contributed by atoms with Crippen molar-refractivity contribution in [3.63, 3.8) is 0 Å². The average molecular weight is 246 g/mol. The van der Waals surface area contributed by atoms with Gasteiger partial charge in [-0.05, 0) is 32.4 Å². The minimum absolute atomic E-state index is 0.310. The Morgan fingerprint density at radius 2 is 2.17 bits per heavy atom. The van der Waals surface area contributed by atoms with Crippen molar-refractivity contribution >= 4 is 5.97 Å². The van der Waals surface area contributed by atoms with Crippen LogP contribution in [0.15, 0.2) is 22.9 Å². The molecule has 0 unspecified atom stereocenters. The molecule has 0 aliphatic carbocycles. The van der Waals surface area contributed by atoms with Crippen molar-refractivity contribution in [3.8, 4) is 11.4 Å². The number of nitrogens with zero attached hydrogens (tertiary/aromatic N) is 2. The number of hydrogen-bond donors (Lipinski definition) is 0. The molecule has 0 spiro atoms. The first kappa shape index (κ1) is 12.3. The molecule has 0 amide bonds. The van der Waals surface area contributed by atoms with Gasteiger partial charge in [0.2, 0.25) is 0 Å².